The zero-order chi connectivity index (χ0) is 8.53. The minimum atomic E-state index is 0.0297. The van der Waals surface area contributed by atoms with Crippen LogP contribution in [0.3, 0.4) is 0 Å². The average Bonchev–Trinajstić information content (AvgIpc) is 2.04. The van der Waals surface area contributed by atoms with Gasteiger partial charge in [0, 0.05) is 6.61 Å². The van der Waals surface area contributed by atoms with E-state index in [9.17, 15) is 4.79 Å². The topological polar surface area (TPSA) is 38.3 Å². The lowest BCUT2D eigenvalue weighted by Crippen LogP contribution is -2.14. The fraction of sp³-hybridized carbons (Fsp3) is 0.857. The molecule has 0 aliphatic carbocycles. The van der Waals surface area contributed by atoms with Gasteiger partial charge in [0.1, 0.15) is 0 Å². The van der Waals surface area contributed by atoms with Crippen molar-refractivity contribution in [3.8, 4) is 0 Å². The van der Waals surface area contributed by atoms with Gasteiger partial charge in [0.15, 0.2) is 0 Å². The van der Waals surface area contributed by atoms with Gasteiger partial charge in [0.05, 0.1) is 35.9 Å². The molecular formula is C7H14INO2. The standard InChI is InChI=1S/C7H14INO2/c1-2-3-5-11-6-4-7(10)9-8/h2-6H2,1H3,(H,9,10). The van der Waals surface area contributed by atoms with Crippen LogP contribution in [0.4, 0.5) is 0 Å². The second-order valence-corrected chi connectivity index (χ2v) is 2.77. The molecule has 0 aromatic heterocycles. The molecule has 0 radical (unpaired) electrons. The Morgan fingerprint density at radius 2 is 2.27 bits per heavy atom. The van der Waals surface area contributed by atoms with E-state index < -0.39 is 0 Å². The predicted molar refractivity (Wildman–Crippen MR) is 52.5 cm³/mol. The highest BCUT2D eigenvalue weighted by molar-refractivity contribution is 14.1. The van der Waals surface area contributed by atoms with Gasteiger partial charge in [0.25, 0.3) is 0 Å². The Bertz CT molecular complexity index is 109. The van der Waals surface area contributed by atoms with Crippen LogP contribution >= 0.6 is 22.9 Å². The zero-order valence-electron chi connectivity index (χ0n) is 6.73. The largest absolute Gasteiger partial charge is 0.381 e. The van der Waals surface area contributed by atoms with Gasteiger partial charge in [0.2, 0.25) is 5.91 Å². The summed E-state index contributed by atoms with van der Waals surface area (Å²) in [4.78, 5) is 10.6. The Hall–Kier alpha value is 0.160. The maximum absolute atomic E-state index is 10.6. The van der Waals surface area contributed by atoms with Crippen molar-refractivity contribution in [3.63, 3.8) is 0 Å². The van der Waals surface area contributed by atoms with Crippen molar-refractivity contribution in [3.05, 3.63) is 0 Å². The third-order valence-electron chi connectivity index (χ3n) is 1.22. The van der Waals surface area contributed by atoms with Gasteiger partial charge >= 0.3 is 0 Å². The molecule has 0 unspecified atom stereocenters. The first-order chi connectivity index (χ1) is 5.31. The third kappa shape index (κ3) is 8.06. The lowest BCUT2D eigenvalue weighted by Gasteiger charge is -2.00. The fourth-order valence-corrected chi connectivity index (χ4v) is 0.830. The Balaban J connectivity index is 2.95. The smallest absolute Gasteiger partial charge is 0.230 e. The van der Waals surface area contributed by atoms with Gasteiger partial charge in [-0.1, -0.05) is 13.3 Å². The molecule has 0 aliphatic rings. The number of amides is 1. The summed E-state index contributed by atoms with van der Waals surface area (Å²) in [7, 11) is 0. The van der Waals surface area contributed by atoms with Gasteiger partial charge in [-0.25, -0.2) is 0 Å². The van der Waals surface area contributed by atoms with Crippen molar-refractivity contribution < 1.29 is 9.53 Å². The number of nitrogens with one attached hydrogen (secondary N) is 1. The van der Waals surface area contributed by atoms with E-state index in [0.717, 1.165) is 19.4 Å². The third-order valence-corrected chi connectivity index (χ3v) is 1.82. The molecular weight excluding hydrogens is 257 g/mol. The Morgan fingerprint density at radius 3 is 2.82 bits per heavy atom. The van der Waals surface area contributed by atoms with E-state index in [4.69, 9.17) is 4.74 Å². The number of carbonyl (C=O) groups excluding carboxylic acids is 1. The molecule has 0 spiro atoms. The fourth-order valence-electron chi connectivity index (χ4n) is 0.561. The quantitative estimate of drug-likeness (QED) is 0.453. The molecule has 1 N–H and O–H groups in total. The maximum atomic E-state index is 10.6. The van der Waals surface area contributed by atoms with Crippen molar-refractivity contribution in [2.24, 2.45) is 0 Å². The van der Waals surface area contributed by atoms with E-state index in [0.29, 0.717) is 13.0 Å². The molecule has 0 rings (SSSR count). The van der Waals surface area contributed by atoms with Crippen LogP contribution in [-0.2, 0) is 9.53 Å². The summed E-state index contributed by atoms with van der Waals surface area (Å²) in [5.41, 5.74) is 0. The Kier molecular flexibility index (Phi) is 8.38. The van der Waals surface area contributed by atoms with Gasteiger partial charge in [-0.05, 0) is 6.42 Å². The number of hydrogen-bond acceptors (Lipinski definition) is 2. The summed E-state index contributed by atoms with van der Waals surface area (Å²) in [5.74, 6) is 0.0297. The van der Waals surface area contributed by atoms with Crippen LogP contribution in [-0.4, -0.2) is 19.1 Å². The van der Waals surface area contributed by atoms with E-state index in [-0.39, 0.29) is 5.91 Å². The molecule has 0 aromatic rings. The number of unbranched alkanes of at least 4 members (excludes halogenated alkanes) is 1. The predicted octanol–water partition coefficient (Wildman–Crippen LogP) is 1.66. The lowest BCUT2D eigenvalue weighted by atomic mass is 10.4. The Morgan fingerprint density at radius 1 is 1.55 bits per heavy atom. The van der Waals surface area contributed by atoms with Crippen molar-refractivity contribution in [1.82, 2.24) is 3.53 Å². The summed E-state index contributed by atoms with van der Waals surface area (Å²) in [6, 6.07) is 0. The average molecular weight is 271 g/mol. The molecule has 1 amide bonds. The summed E-state index contributed by atoms with van der Waals surface area (Å²) < 4.78 is 7.69. The van der Waals surface area contributed by atoms with Crippen LogP contribution in [0.2, 0.25) is 0 Å². The molecule has 0 saturated heterocycles. The van der Waals surface area contributed by atoms with E-state index in [2.05, 4.69) is 10.5 Å². The van der Waals surface area contributed by atoms with Crippen molar-refractivity contribution in [2.75, 3.05) is 13.2 Å². The highest BCUT2D eigenvalue weighted by Crippen LogP contribution is 1.90. The van der Waals surface area contributed by atoms with Crippen molar-refractivity contribution in [1.29, 1.82) is 0 Å². The van der Waals surface area contributed by atoms with Gasteiger partial charge in [-0.3, -0.25) is 8.32 Å². The van der Waals surface area contributed by atoms with E-state index in [1.165, 1.54) is 0 Å². The van der Waals surface area contributed by atoms with Crippen LogP contribution in [0.5, 0.6) is 0 Å². The van der Waals surface area contributed by atoms with Gasteiger partial charge in [-0.15, -0.1) is 0 Å². The Labute approximate surface area is 81.4 Å². The van der Waals surface area contributed by atoms with Gasteiger partial charge < -0.3 is 4.74 Å². The zero-order valence-corrected chi connectivity index (χ0v) is 8.89. The first-order valence-corrected chi connectivity index (χ1v) is 4.86. The van der Waals surface area contributed by atoms with Crippen LogP contribution in [0.25, 0.3) is 0 Å². The molecule has 0 heterocycles. The second-order valence-electron chi connectivity index (χ2n) is 2.23. The van der Waals surface area contributed by atoms with Crippen LogP contribution in [0.15, 0.2) is 0 Å². The van der Waals surface area contributed by atoms with Crippen LogP contribution in [0, 0.1) is 0 Å². The van der Waals surface area contributed by atoms with E-state index in [1.54, 1.807) is 0 Å². The SMILES string of the molecule is CCCCOCCC(=O)NI. The second kappa shape index (κ2) is 8.26. The summed E-state index contributed by atoms with van der Waals surface area (Å²) in [6.07, 6.45) is 2.68. The van der Waals surface area contributed by atoms with Gasteiger partial charge in [-0.2, -0.15) is 0 Å². The minimum absolute atomic E-state index is 0.0297. The molecule has 0 saturated carbocycles. The maximum Gasteiger partial charge on any atom is 0.230 e. The molecule has 4 heteroatoms. The molecule has 0 atom stereocenters. The lowest BCUT2D eigenvalue weighted by molar-refractivity contribution is -0.119. The molecule has 0 aliphatic heterocycles. The normalized spacial score (nSPS) is 9.64. The summed E-state index contributed by atoms with van der Waals surface area (Å²) >= 11 is 1.83. The van der Waals surface area contributed by atoms with E-state index >= 15 is 0 Å². The molecule has 0 bridgehead atoms. The molecule has 66 valence electrons. The minimum Gasteiger partial charge on any atom is -0.381 e. The molecule has 0 aromatic carbocycles. The highest BCUT2D eigenvalue weighted by atomic mass is 127. The number of rotatable bonds is 6. The van der Waals surface area contributed by atoms with Crippen molar-refractivity contribution in [2.45, 2.75) is 26.2 Å². The molecule has 3 nitrogen and oxygen atoms in total. The van der Waals surface area contributed by atoms with Crippen molar-refractivity contribution >= 4 is 28.8 Å². The number of halogens is 1. The molecule has 0 fully saturated rings. The van der Waals surface area contributed by atoms with Crippen LogP contribution < -0.4 is 3.53 Å². The van der Waals surface area contributed by atoms with Crippen LogP contribution in [0.1, 0.15) is 26.2 Å². The number of carbonyl (C=O) groups is 1. The molecule has 11 heavy (non-hydrogen) atoms. The first-order valence-electron chi connectivity index (χ1n) is 3.78. The van der Waals surface area contributed by atoms with E-state index in [1.807, 2.05) is 22.9 Å². The number of ether oxygens (including phenoxy) is 1. The number of hydrogen-bond donors (Lipinski definition) is 1. The monoisotopic (exact) mass is 271 g/mol. The summed E-state index contributed by atoms with van der Waals surface area (Å²) in [6.45, 7) is 3.42. The highest BCUT2D eigenvalue weighted by Gasteiger charge is 1.96. The first kappa shape index (κ1) is 11.2. The summed E-state index contributed by atoms with van der Waals surface area (Å²) in [5, 5.41) is 0.